The van der Waals surface area contributed by atoms with Crippen molar-refractivity contribution >= 4 is 0 Å². The lowest BCUT2D eigenvalue weighted by Gasteiger charge is -2.20. The van der Waals surface area contributed by atoms with E-state index in [1.54, 1.807) is 0 Å². The molecule has 2 atom stereocenters. The molecule has 1 saturated heterocycles. The predicted molar refractivity (Wildman–Crippen MR) is 68.8 cm³/mol. The number of pyridine rings is 1. The van der Waals surface area contributed by atoms with E-state index >= 15 is 0 Å². The summed E-state index contributed by atoms with van der Waals surface area (Å²) in [5, 5.41) is 3.70. The first-order chi connectivity index (χ1) is 8.33. The van der Waals surface area contributed by atoms with Crippen molar-refractivity contribution in [1.82, 2.24) is 15.2 Å². The number of rotatable bonds is 4. The van der Waals surface area contributed by atoms with Crippen molar-refractivity contribution in [2.45, 2.75) is 44.3 Å². The normalized spacial score (nSPS) is 27.2. The summed E-state index contributed by atoms with van der Waals surface area (Å²) in [7, 11) is 0. The Balaban J connectivity index is 1.53. The van der Waals surface area contributed by atoms with E-state index in [4.69, 9.17) is 0 Å². The van der Waals surface area contributed by atoms with Gasteiger partial charge in [0.2, 0.25) is 0 Å². The molecule has 1 N–H and O–H groups in total. The lowest BCUT2D eigenvalue weighted by Crippen LogP contribution is -2.35. The molecule has 2 unspecified atom stereocenters. The Morgan fingerprint density at radius 2 is 2.24 bits per heavy atom. The largest absolute Gasteiger partial charge is 0.305 e. The van der Waals surface area contributed by atoms with E-state index < -0.39 is 0 Å². The first kappa shape index (κ1) is 11.2. The van der Waals surface area contributed by atoms with Crippen LogP contribution in [0.5, 0.6) is 0 Å². The Labute approximate surface area is 103 Å². The van der Waals surface area contributed by atoms with Gasteiger partial charge in [0.05, 0.1) is 5.69 Å². The fourth-order valence-electron chi connectivity index (χ4n) is 2.77. The van der Waals surface area contributed by atoms with Crippen molar-refractivity contribution in [2.75, 3.05) is 13.1 Å². The number of hydrogen-bond acceptors (Lipinski definition) is 3. The van der Waals surface area contributed by atoms with Gasteiger partial charge >= 0.3 is 0 Å². The molecule has 2 heterocycles. The molecular formula is C14H21N3. The van der Waals surface area contributed by atoms with Crippen LogP contribution in [0.2, 0.25) is 0 Å². The second-order valence-electron chi connectivity index (χ2n) is 5.35. The maximum Gasteiger partial charge on any atom is 0.0570 e. The van der Waals surface area contributed by atoms with Gasteiger partial charge < -0.3 is 5.32 Å². The van der Waals surface area contributed by atoms with Crippen LogP contribution in [-0.2, 0) is 0 Å². The zero-order valence-corrected chi connectivity index (χ0v) is 10.5. The molecule has 0 spiro atoms. The van der Waals surface area contributed by atoms with Gasteiger partial charge in [-0.15, -0.1) is 0 Å². The van der Waals surface area contributed by atoms with Gasteiger partial charge in [-0.2, -0.15) is 0 Å². The SMILES string of the molecule is CC(NC1CCN(C2CC2)C1)c1ccccn1. The molecule has 3 rings (SSSR count). The highest BCUT2D eigenvalue weighted by Gasteiger charge is 2.34. The van der Waals surface area contributed by atoms with Crippen LogP contribution in [0.3, 0.4) is 0 Å². The van der Waals surface area contributed by atoms with Crippen LogP contribution in [0.25, 0.3) is 0 Å². The third-order valence-electron chi connectivity index (χ3n) is 3.90. The van der Waals surface area contributed by atoms with Crippen molar-refractivity contribution < 1.29 is 0 Å². The number of nitrogens with one attached hydrogen (secondary N) is 1. The zero-order chi connectivity index (χ0) is 11.7. The van der Waals surface area contributed by atoms with Crippen molar-refractivity contribution in [3.8, 4) is 0 Å². The quantitative estimate of drug-likeness (QED) is 0.858. The zero-order valence-electron chi connectivity index (χ0n) is 10.5. The first-order valence-electron chi connectivity index (χ1n) is 6.74. The summed E-state index contributed by atoms with van der Waals surface area (Å²) >= 11 is 0. The highest BCUT2D eigenvalue weighted by Crippen LogP contribution is 2.30. The standard InChI is InChI=1S/C14H21N3/c1-11(14-4-2-3-8-15-14)16-12-7-9-17(10-12)13-5-6-13/h2-4,8,11-13,16H,5-7,9-10H2,1H3. The maximum absolute atomic E-state index is 4.41. The minimum Gasteiger partial charge on any atom is -0.305 e. The maximum atomic E-state index is 4.41. The molecule has 0 amide bonds. The fraction of sp³-hybridized carbons (Fsp3) is 0.643. The van der Waals surface area contributed by atoms with E-state index in [9.17, 15) is 0 Å². The van der Waals surface area contributed by atoms with Crippen LogP contribution in [-0.4, -0.2) is 35.1 Å². The highest BCUT2D eigenvalue weighted by molar-refractivity contribution is 5.08. The van der Waals surface area contributed by atoms with Gasteiger partial charge in [-0.3, -0.25) is 9.88 Å². The molecule has 3 heteroatoms. The van der Waals surface area contributed by atoms with E-state index in [2.05, 4.69) is 34.3 Å². The Kier molecular flexibility index (Phi) is 3.12. The molecule has 92 valence electrons. The molecule has 1 aromatic rings. The molecule has 2 aliphatic rings. The van der Waals surface area contributed by atoms with Crippen LogP contribution >= 0.6 is 0 Å². The third-order valence-corrected chi connectivity index (χ3v) is 3.90. The van der Waals surface area contributed by atoms with Crippen molar-refractivity contribution in [3.05, 3.63) is 30.1 Å². The van der Waals surface area contributed by atoms with Crippen molar-refractivity contribution in [3.63, 3.8) is 0 Å². The van der Waals surface area contributed by atoms with Crippen LogP contribution in [0.4, 0.5) is 0 Å². The van der Waals surface area contributed by atoms with Gasteiger partial charge in [0.15, 0.2) is 0 Å². The molecule has 3 nitrogen and oxygen atoms in total. The van der Waals surface area contributed by atoms with Gasteiger partial charge in [-0.1, -0.05) is 6.07 Å². The summed E-state index contributed by atoms with van der Waals surface area (Å²) in [5.74, 6) is 0. The molecule has 0 aromatic carbocycles. The van der Waals surface area contributed by atoms with E-state index in [1.807, 2.05) is 12.3 Å². The van der Waals surface area contributed by atoms with Gasteiger partial charge in [-0.25, -0.2) is 0 Å². The predicted octanol–water partition coefficient (Wildman–Crippen LogP) is 1.97. The number of likely N-dealkylation sites (tertiary alicyclic amines) is 1. The molecule has 0 radical (unpaired) electrons. The van der Waals surface area contributed by atoms with E-state index in [1.165, 1.54) is 32.4 Å². The van der Waals surface area contributed by atoms with Crippen molar-refractivity contribution in [2.24, 2.45) is 0 Å². The van der Waals surface area contributed by atoms with Gasteiger partial charge in [0, 0.05) is 37.4 Å². The Bertz CT molecular complexity index is 361. The van der Waals surface area contributed by atoms with Crippen LogP contribution in [0, 0.1) is 0 Å². The Morgan fingerprint density at radius 1 is 1.35 bits per heavy atom. The summed E-state index contributed by atoms with van der Waals surface area (Å²) in [5.41, 5.74) is 1.15. The molecule has 17 heavy (non-hydrogen) atoms. The summed E-state index contributed by atoms with van der Waals surface area (Å²) < 4.78 is 0. The summed E-state index contributed by atoms with van der Waals surface area (Å²) in [4.78, 5) is 7.05. The Morgan fingerprint density at radius 3 is 2.94 bits per heavy atom. The molecule has 1 aliphatic carbocycles. The number of aromatic nitrogens is 1. The first-order valence-corrected chi connectivity index (χ1v) is 6.74. The molecule has 1 saturated carbocycles. The molecule has 1 aliphatic heterocycles. The molecule has 0 bridgehead atoms. The number of hydrogen-bond donors (Lipinski definition) is 1. The number of nitrogens with zero attached hydrogens (tertiary/aromatic N) is 2. The minimum absolute atomic E-state index is 0.361. The lowest BCUT2D eigenvalue weighted by atomic mass is 10.1. The summed E-state index contributed by atoms with van der Waals surface area (Å²) in [6, 6.07) is 8.05. The van der Waals surface area contributed by atoms with Gasteiger partial charge in [0.1, 0.15) is 0 Å². The lowest BCUT2D eigenvalue weighted by molar-refractivity contribution is 0.313. The van der Waals surface area contributed by atoms with Gasteiger partial charge in [-0.05, 0) is 38.3 Å². The van der Waals surface area contributed by atoms with Gasteiger partial charge in [0.25, 0.3) is 0 Å². The van der Waals surface area contributed by atoms with E-state index in [0.29, 0.717) is 12.1 Å². The second-order valence-corrected chi connectivity index (χ2v) is 5.35. The van der Waals surface area contributed by atoms with Crippen LogP contribution in [0.15, 0.2) is 24.4 Å². The highest BCUT2D eigenvalue weighted by atomic mass is 15.2. The molecule has 1 aromatic heterocycles. The smallest absolute Gasteiger partial charge is 0.0570 e. The monoisotopic (exact) mass is 231 g/mol. The van der Waals surface area contributed by atoms with Crippen LogP contribution < -0.4 is 5.32 Å². The average molecular weight is 231 g/mol. The van der Waals surface area contributed by atoms with Crippen molar-refractivity contribution in [1.29, 1.82) is 0 Å². The second kappa shape index (κ2) is 4.75. The fourth-order valence-corrected chi connectivity index (χ4v) is 2.77. The third kappa shape index (κ3) is 2.67. The topological polar surface area (TPSA) is 28.2 Å². The average Bonchev–Trinajstić information content (AvgIpc) is 3.12. The minimum atomic E-state index is 0.361. The molecular weight excluding hydrogens is 210 g/mol. The Hall–Kier alpha value is -0.930. The summed E-state index contributed by atoms with van der Waals surface area (Å²) in [6.45, 7) is 4.71. The van der Waals surface area contributed by atoms with E-state index in [0.717, 1.165) is 11.7 Å². The summed E-state index contributed by atoms with van der Waals surface area (Å²) in [6.07, 6.45) is 6.00. The molecule has 2 fully saturated rings. The van der Waals surface area contributed by atoms with Crippen LogP contribution in [0.1, 0.15) is 37.9 Å². The van der Waals surface area contributed by atoms with E-state index in [-0.39, 0.29) is 0 Å².